The van der Waals surface area contributed by atoms with Crippen molar-refractivity contribution in [3.63, 3.8) is 0 Å². The third kappa shape index (κ3) is 2.61. The highest BCUT2D eigenvalue weighted by atomic mass is 16.5. The van der Waals surface area contributed by atoms with E-state index in [0.717, 1.165) is 43.2 Å². The molecule has 2 aromatic rings. The summed E-state index contributed by atoms with van der Waals surface area (Å²) in [5.41, 5.74) is 2.48. The predicted octanol–water partition coefficient (Wildman–Crippen LogP) is 2.63. The van der Waals surface area contributed by atoms with Crippen LogP contribution in [0.4, 0.5) is 5.69 Å². The molecule has 1 aliphatic heterocycles. The molecule has 0 spiro atoms. The summed E-state index contributed by atoms with van der Waals surface area (Å²) in [6.07, 6.45) is 4.93. The largest absolute Gasteiger partial charge is 0.483 e. The van der Waals surface area contributed by atoms with Crippen molar-refractivity contribution in [2.75, 3.05) is 11.9 Å². The second kappa shape index (κ2) is 5.94. The van der Waals surface area contributed by atoms with E-state index >= 15 is 0 Å². The molecule has 106 valence electrons. The normalized spacial score (nSPS) is 13.7. The molecular formula is C15H20N4O. The fourth-order valence-electron chi connectivity index (χ4n) is 2.54. The molecule has 0 saturated carbocycles. The van der Waals surface area contributed by atoms with E-state index < -0.39 is 0 Å². The molecule has 0 atom stereocenters. The lowest BCUT2D eigenvalue weighted by molar-refractivity contribution is 0.287. The summed E-state index contributed by atoms with van der Waals surface area (Å²) in [5.74, 6) is 1.79. The van der Waals surface area contributed by atoms with Gasteiger partial charge in [0.2, 0.25) is 0 Å². The van der Waals surface area contributed by atoms with Crippen LogP contribution in [-0.4, -0.2) is 21.3 Å². The number of nitrogens with one attached hydrogen (secondary N) is 1. The lowest BCUT2D eigenvalue weighted by Crippen LogP contribution is -2.14. The van der Waals surface area contributed by atoms with Gasteiger partial charge in [-0.15, -0.1) is 0 Å². The first-order chi connectivity index (χ1) is 9.88. The van der Waals surface area contributed by atoms with E-state index in [1.807, 2.05) is 10.7 Å². The van der Waals surface area contributed by atoms with Gasteiger partial charge in [0.05, 0.1) is 5.69 Å². The Morgan fingerprint density at radius 3 is 3.25 bits per heavy atom. The highest BCUT2D eigenvalue weighted by molar-refractivity contribution is 5.63. The van der Waals surface area contributed by atoms with Crippen molar-refractivity contribution in [2.45, 2.75) is 39.3 Å². The number of rotatable bonds is 5. The number of para-hydroxylation sites is 1. The van der Waals surface area contributed by atoms with Crippen molar-refractivity contribution in [1.29, 1.82) is 0 Å². The molecule has 1 aromatic heterocycles. The van der Waals surface area contributed by atoms with Crippen LogP contribution < -0.4 is 10.1 Å². The molecule has 5 heteroatoms. The van der Waals surface area contributed by atoms with Crippen LogP contribution in [0.5, 0.6) is 5.75 Å². The topological polar surface area (TPSA) is 52.0 Å². The molecule has 0 radical (unpaired) electrons. The van der Waals surface area contributed by atoms with Crippen molar-refractivity contribution in [3.05, 3.63) is 35.9 Å². The predicted molar refractivity (Wildman–Crippen MR) is 77.9 cm³/mol. The van der Waals surface area contributed by atoms with Crippen LogP contribution in [0.25, 0.3) is 0 Å². The standard InChI is InChI=1S/C15H20N4O/c1-2-9-19-14(17-11-18-19)10-20-13-7-3-5-12-6-4-8-16-15(12)13/h3,5,7,11,16H,2,4,6,8-10H2,1H3. The number of aryl methyl sites for hydroxylation is 2. The number of hydrogen-bond acceptors (Lipinski definition) is 4. The molecule has 0 bridgehead atoms. The number of ether oxygens (including phenoxy) is 1. The van der Waals surface area contributed by atoms with Gasteiger partial charge in [-0.2, -0.15) is 5.10 Å². The SMILES string of the molecule is CCCn1ncnc1COc1cccc2c1NCCC2. The van der Waals surface area contributed by atoms with Crippen molar-refractivity contribution in [2.24, 2.45) is 0 Å². The van der Waals surface area contributed by atoms with Crippen LogP contribution in [-0.2, 0) is 19.6 Å². The average molecular weight is 272 g/mol. The first kappa shape index (κ1) is 13.0. The molecule has 0 saturated heterocycles. The Bertz CT molecular complexity index is 579. The summed E-state index contributed by atoms with van der Waals surface area (Å²) in [6.45, 7) is 4.48. The zero-order valence-electron chi connectivity index (χ0n) is 11.8. The Morgan fingerprint density at radius 1 is 1.40 bits per heavy atom. The van der Waals surface area contributed by atoms with Gasteiger partial charge in [0.15, 0.2) is 5.82 Å². The quantitative estimate of drug-likeness (QED) is 0.909. The minimum Gasteiger partial charge on any atom is -0.483 e. The summed E-state index contributed by atoms with van der Waals surface area (Å²) < 4.78 is 7.86. The van der Waals surface area contributed by atoms with Gasteiger partial charge >= 0.3 is 0 Å². The van der Waals surface area contributed by atoms with Gasteiger partial charge in [-0.3, -0.25) is 0 Å². The van der Waals surface area contributed by atoms with Crippen LogP contribution >= 0.6 is 0 Å². The van der Waals surface area contributed by atoms with Crippen molar-refractivity contribution in [3.8, 4) is 5.75 Å². The molecule has 5 nitrogen and oxygen atoms in total. The van der Waals surface area contributed by atoms with Gasteiger partial charge in [0.25, 0.3) is 0 Å². The zero-order chi connectivity index (χ0) is 13.8. The maximum Gasteiger partial charge on any atom is 0.164 e. The smallest absolute Gasteiger partial charge is 0.164 e. The third-order valence-corrected chi connectivity index (χ3v) is 3.53. The van der Waals surface area contributed by atoms with E-state index in [1.54, 1.807) is 6.33 Å². The Kier molecular flexibility index (Phi) is 3.85. The summed E-state index contributed by atoms with van der Waals surface area (Å²) >= 11 is 0. The lowest BCUT2D eigenvalue weighted by atomic mass is 10.0. The van der Waals surface area contributed by atoms with Gasteiger partial charge in [-0.1, -0.05) is 19.1 Å². The summed E-state index contributed by atoms with van der Waals surface area (Å²) in [4.78, 5) is 4.27. The molecule has 0 unspecified atom stereocenters. The van der Waals surface area contributed by atoms with Crippen molar-refractivity contribution in [1.82, 2.24) is 14.8 Å². The van der Waals surface area contributed by atoms with E-state index in [-0.39, 0.29) is 0 Å². The van der Waals surface area contributed by atoms with E-state index in [2.05, 4.69) is 34.5 Å². The highest BCUT2D eigenvalue weighted by Gasteiger charge is 2.14. The minimum atomic E-state index is 0.456. The van der Waals surface area contributed by atoms with Crippen LogP contribution in [0.3, 0.4) is 0 Å². The number of fused-ring (bicyclic) bond motifs is 1. The number of benzene rings is 1. The highest BCUT2D eigenvalue weighted by Crippen LogP contribution is 2.32. The average Bonchev–Trinajstić information content (AvgIpc) is 2.93. The molecule has 2 heterocycles. The van der Waals surface area contributed by atoms with E-state index in [0.29, 0.717) is 6.61 Å². The van der Waals surface area contributed by atoms with Crippen molar-refractivity contribution < 1.29 is 4.74 Å². The molecule has 1 aliphatic rings. The molecule has 3 rings (SSSR count). The first-order valence-electron chi connectivity index (χ1n) is 7.23. The zero-order valence-corrected chi connectivity index (χ0v) is 11.8. The lowest BCUT2D eigenvalue weighted by Gasteiger charge is -2.21. The Balaban J connectivity index is 1.73. The number of nitrogens with zero attached hydrogens (tertiary/aromatic N) is 3. The number of hydrogen-bond donors (Lipinski definition) is 1. The van der Waals surface area contributed by atoms with Gasteiger partial charge in [0.1, 0.15) is 18.7 Å². The molecular weight excluding hydrogens is 252 g/mol. The van der Waals surface area contributed by atoms with Crippen LogP contribution in [0, 0.1) is 0 Å². The van der Waals surface area contributed by atoms with E-state index in [4.69, 9.17) is 4.74 Å². The van der Waals surface area contributed by atoms with Crippen LogP contribution in [0.15, 0.2) is 24.5 Å². The maximum atomic E-state index is 5.95. The summed E-state index contributed by atoms with van der Waals surface area (Å²) in [5, 5.41) is 7.65. The van der Waals surface area contributed by atoms with Gasteiger partial charge in [-0.25, -0.2) is 9.67 Å². The second-order valence-corrected chi connectivity index (χ2v) is 5.01. The maximum absolute atomic E-state index is 5.95. The minimum absolute atomic E-state index is 0.456. The third-order valence-electron chi connectivity index (χ3n) is 3.53. The molecule has 20 heavy (non-hydrogen) atoms. The summed E-state index contributed by atoms with van der Waals surface area (Å²) in [7, 11) is 0. The number of anilines is 1. The van der Waals surface area contributed by atoms with Gasteiger partial charge in [0, 0.05) is 13.1 Å². The van der Waals surface area contributed by atoms with Gasteiger partial charge in [-0.05, 0) is 30.9 Å². The molecule has 0 aliphatic carbocycles. The first-order valence-corrected chi connectivity index (χ1v) is 7.23. The second-order valence-electron chi connectivity index (χ2n) is 5.01. The van der Waals surface area contributed by atoms with E-state index in [9.17, 15) is 0 Å². The fraction of sp³-hybridized carbons (Fsp3) is 0.467. The van der Waals surface area contributed by atoms with Crippen LogP contribution in [0.1, 0.15) is 31.2 Å². The molecule has 0 amide bonds. The Labute approximate surface area is 119 Å². The summed E-state index contributed by atoms with van der Waals surface area (Å²) in [6, 6.07) is 6.23. The molecule has 1 N–H and O–H groups in total. The van der Waals surface area contributed by atoms with E-state index in [1.165, 1.54) is 12.0 Å². The Hall–Kier alpha value is -2.04. The van der Waals surface area contributed by atoms with Crippen molar-refractivity contribution >= 4 is 5.69 Å². The Morgan fingerprint density at radius 2 is 2.35 bits per heavy atom. The molecule has 0 fully saturated rings. The monoisotopic (exact) mass is 272 g/mol. The fourth-order valence-corrected chi connectivity index (χ4v) is 2.54. The number of aromatic nitrogens is 3. The van der Waals surface area contributed by atoms with Gasteiger partial charge < -0.3 is 10.1 Å². The molecule has 1 aromatic carbocycles. The van der Waals surface area contributed by atoms with Crippen LogP contribution in [0.2, 0.25) is 0 Å².